The van der Waals surface area contributed by atoms with Crippen molar-refractivity contribution in [3.63, 3.8) is 0 Å². The average Bonchev–Trinajstić information content (AvgIpc) is 2.70. The molecule has 0 aromatic heterocycles. The van der Waals surface area contributed by atoms with Crippen LogP contribution in [0.25, 0.3) is 0 Å². The standard InChI is InChI=1S/C20H25N3O5S/c1-15-3-5-17(6-4-15)19(22-9-11-28-12-10-22)14-21-29(26,27)20-8-7-18(23(24)25)13-16(20)2/h3-8,13,19,21H,9-12,14H2,1-2H3. The van der Waals surface area contributed by atoms with Gasteiger partial charge in [-0.25, -0.2) is 13.1 Å². The fourth-order valence-electron chi connectivity index (χ4n) is 3.45. The third kappa shape index (κ3) is 5.18. The van der Waals surface area contributed by atoms with E-state index in [2.05, 4.69) is 9.62 Å². The molecular formula is C20H25N3O5S. The summed E-state index contributed by atoms with van der Waals surface area (Å²) < 4.78 is 33.9. The lowest BCUT2D eigenvalue weighted by atomic mass is 10.0. The number of rotatable bonds is 7. The van der Waals surface area contributed by atoms with Crippen LogP contribution >= 0.6 is 0 Å². The molecule has 1 atom stereocenters. The highest BCUT2D eigenvalue weighted by Gasteiger charge is 2.26. The lowest BCUT2D eigenvalue weighted by Crippen LogP contribution is -2.43. The first-order valence-corrected chi connectivity index (χ1v) is 10.9. The van der Waals surface area contributed by atoms with Crippen molar-refractivity contribution in [3.05, 3.63) is 69.3 Å². The molecule has 1 heterocycles. The molecule has 1 fully saturated rings. The SMILES string of the molecule is Cc1ccc(C(CNS(=O)(=O)c2ccc([N+](=O)[O-])cc2C)N2CCOCC2)cc1. The Kier molecular flexibility index (Phi) is 6.63. The second-order valence-electron chi connectivity index (χ2n) is 7.13. The number of hydrogen-bond acceptors (Lipinski definition) is 6. The van der Waals surface area contributed by atoms with Gasteiger partial charge in [0.15, 0.2) is 0 Å². The fraction of sp³-hybridized carbons (Fsp3) is 0.400. The minimum absolute atomic E-state index is 0.0488. The first kappa shape index (κ1) is 21.4. The van der Waals surface area contributed by atoms with Crippen molar-refractivity contribution in [2.45, 2.75) is 24.8 Å². The number of morpholine rings is 1. The predicted molar refractivity (Wildman–Crippen MR) is 109 cm³/mol. The van der Waals surface area contributed by atoms with Gasteiger partial charge >= 0.3 is 0 Å². The van der Waals surface area contributed by atoms with Gasteiger partial charge in [0.2, 0.25) is 10.0 Å². The number of hydrogen-bond donors (Lipinski definition) is 1. The van der Waals surface area contributed by atoms with E-state index in [4.69, 9.17) is 4.74 Å². The molecule has 3 rings (SSSR count). The summed E-state index contributed by atoms with van der Waals surface area (Å²) in [4.78, 5) is 12.6. The monoisotopic (exact) mass is 419 g/mol. The largest absolute Gasteiger partial charge is 0.379 e. The van der Waals surface area contributed by atoms with Gasteiger partial charge in [-0.15, -0.1) is 0 Å². The summed E-state index contributed by atoms with van der Waals surface area (Å²) in [6, 6.07) is 11.7. The normalized spacial score (nSPS) is 16.5. The molecule has 0 aliphatic carbocycles. The summed E-state index contributed by atoms with van der Waals surface area (Å²) in [5.41, 5.74) is 2.37. The highest BCUT2D eigenvalue weighted by molar-refractivity contribution is 7.89. The number of sulfonamides is 1. The quantitative estimate of drug-likeness (QED) is 0.547. The summed E-state index contributed by atoms with van der Waals surface area (Å²) in [5, 5.41) is 10.9. The van der Waals surface area contributed by atoms with Gasteiger partial charge in [-0.3, -0.25) is 15.0 Å². The number of aryl methyl sites for hydroxylation is 2. The van der Waals surface area contributed by atoms with E-state index in [0.29, 0.717) is 18.8 Å². The predicted octanol–water partition coefficient (Wildman–Crippen LogP) is 2.56. The molecule has 0 spiro atoms. The molecule has 0 amide bonds. The van der Waals surface area contributed by atoms with E-state index in [9.17, 15) is 18.5 Å². The number of benzene rings is 2. The van der Waals surface area contributed by atoms with E-state index in [0.717, 1.165) is 24.2 Å². The van der Waals surface area contributed by atoms with E-state index in [-0.39, 0.29) is 23.2 Å². The lowest BCUT2D eigenvalue weighted by Gasteiger charge is -2.35. The molecule has 1 unspecified atom stereocenters. The second kappa shape index (κ2) is 9.00. The van der Waals surface area contributed by atoms with E-state index in [1.165, 1.54) is 18.2 Å². The van der Waals surface area contributed by atoms with Crippen LogP contribution in [0.5, 0.6) is 0 Å². The van der Waals surface area contributed by atoms with Gasteiger partial charge in [0.1, 0.15) is 0 Å². The first-order valence-electron chi connectivity index (χ1n) is 9.41. The molecule has 8 nitrogen and oxygen atoms in total. The first-order chi connectivity index (χ1) is 13.8. The summed E-state index contributed by atoms with van der Waals surface area (Å²) in [6.45, 7) is 6.41. The van der Waals surface area contributed by atoms with Crippen molar-refractivity contribution >= 4 is 15.7 Å². The Balaban J connectivity index is 1.82. The number of nitrogens with zero attached hydrogens (tertiary/aromatic N) is 2. The third-order valence-corrected chi connectivity index (χ3v) is 6.66. The van der Waals surface area contributed by atoms with E-state index in [1.54, 1.807) is 6.92 Å². The number of nitro groups is 1. The van der Waals surface area contributed by atoms with Crippen LogP contribution in [0, 0.1) is 24.0 Å². The molecule has 0 saturated carbocycles. The summed E-state index contributed by atoms with van der Waals surface area (Å²) in [5.74, 6) is 0. The molecular weight excluding hydrogens is 394 g/mol. The zero-order chi connectivity index (χ0) is 21.0. The molecule has 29 heavy (non-hydrogen) atoms. The maximum Gasteiger partial charge on any atom is 0.269 e. The van der Waals surface area contributed by atoms with Crippen LogP contribution in [-0.4, -0.2) is 51.1 Å². The van der Waals surface area contributed by atoms with Crippen molar-refractivity contribution in [3.8, 4) is 0 Å². The van der Waals surface area contributed by atoms with Crippen molar-refractivity contribution in [2.24, 2.45) is 0 Å². The summed E-state index contributed by atoms with van der Waals surface area (Å²) >= 11 is 0. The van der Waals surface area contributed by atoms with Crippen LogP contribution in [-0.2, 0) is 14.8 Å². The van der Waals surface area contributed by atoms with Gasteiger partial charge in [0.05, 0.1) is 23.0 Å². The van der Waals surface area contributed by atoms with E-state index >= 15 is 0 Å². The van der Waals surface area contributed by atoms with Crippen LogP contribution in [0.4, 0.5) is 5.69 Å². The van der Waals surface area contributed by atoms with Crippen LogP contribution in [0.15, 0.2) is 47.4 Å². The molecule has 2 aromatic carbocycles. The number of nitrogens with one attached hydrogen (secondary N) is 1. The summed E-state index contributed by atoms with van der Waals surface area (Å²) in [6.07, 6.45) is 0. The highest BCUT2D eigenvalue weighted by atomic mass is 32.2. The van der Waals surface area contributed by atoms with Crippen LogP contribution in [0.3, 0.4) is 0 Å². The van der Waals surface area contributed by atoms with Crippen LogP contribution < -0.4 is 4.72 Å². The maximum atomic E-state index is 12.9. The molecule has 2 aromatic rings. The van der Waals surface area contributed by atoms with Crippen molar-refractivity contribution in [1.82, 2.24) is 9.62 Å². The molecule has 1 N–H and O–H groups in total. The molecule has 1 aliphatic rings. The fourth-order valence-corrected chi connectivity index (χ4v) is 4.71. The van der Waals surface area contributed by atoms with Gasteiger partial charge < -0.3 is 4.74 Å². The topological polar surface area (TPSA) is 102 Å². The maximum absolute atomic E-state index is 12.9. The third-order valence-electron chi connectivity index (χ3n) is 5.07. The highest BCUT2D eigenvalue weighted by Crippen LogP contribution is 2.24. The average molecular weight is 420 g/mol. The van der Waals surface area contributed by atoms with Crippen molar-refractivity contribution in [1.29, 1.82) is 0 Å². The Morgan fingerprint density at radius 2 is 1.79 bits per heavy atom. The van der Waals surface area contributed by atoms with Gasteiger partial charge in [-0.05, 0) is 31.0 Å². The van der Waals surface area contributed by atoms with Crippen LogP contribution in [0.2, 0.25) is 0 Å². The molecule has 0 bridgehead atoms. The Labute approximate surface area is 170 Å². The minimum Gasteiger partial charge on any atom is -0.379 e. The van der Waals surface area contributed by atoms with Crippen molar-refractivity contribution in [2.75, 3.05) is 32.8 Å². The van der Waals surface area contributed by atoms with Gasteiger partial charge in [0, 0.05) is 37.8 Å². The molecule has 0 radical (unpaired) electrons. The molecule has 1 aliphatic heterocycles. The van der Waals surface area contributed by atoms with Gasteiger partial charge in [0.25, 0.3) is 5.69 Å². The minimum atomic E-state index is -3.81. The second-order valence-corrected chi connectivity index (χ2v) is 8.87. The smallest absolute Gasteiger partial charge is 0.269 e. The Morgan fingerprint density at radius 1 is 1.14 bits per heavy atom. The zero-order valence-corrected chi connectivity index (χ0v) is 17.3. The zero-order valence-electron chi connectivity index (χ0n) is 16.5. The van der Waals surface area contributed by atoms with Crippen LogP contribution in [0.1, 0.15) is 22.7 Å². The molecule has 9 heteroatoms. The van der Waals surface area contributed by atoms with Crippen molar-refractivity contribution < 1.29 is 18.1 Å². The number of ether oxygens (including phenoxy) is 1. The van der Waals surface area contributed by atoms with Gasteiger partial charge in [-0.2, -0.15) is 0 Å². The Bertz CT molecular complexity index is 970. The van der Waals surface area contributed by atoms with E-state index < -0.39 is 14.9 Å². The number of non-ortho nitro benzene ring substituents is 1. The summed E-state index contributed by atoms with van der Waals surface area (Å²) in [7, 11) is -3.81. The molecule has 1 saturated heterocycles. The lowest BCUT2D eigenvalue weighted by molar-refractivity contribution is -0.385. The number of nitro benzene ring substituents is 1. The van der Waals surface area contributed by atoms with E-state index in [1.807, 2.05) is 31.2 Å². The van der Waals surface area contributed by atoms with Gasteiger partial charge in [-0.1, -0.05) is 29.8 Å². The Morgan fingerprint density at radius 3 is 2.38 bits per heavy atom. The molecule has 156 valence electrons. The Hall–Kier alpha value is -2.33.